The van der Waals surface area contributed by atoms with Crippen LogP contribution in [0.25, 0.3) is 0 Å². The molecule has 1 aromatic rings. The van der Waals surface area contributed by atoms with Gasteiger partial charge < -0.3 is 14.5 Å². The second-order valence-electron chi connectivity index (χ2n) is 6.70. The van der Waals surface area contributed by atoms with Crippen LogP contribution in [0, 0.1) is 19.8 Å². The molecule has 2 saturated heterocycles. The largest absolute Gasteiger partial charge is 0.368 e. The van der Waals surface area contributed by atoms with Crippen LogP contribution in [0.4, 0.5) is 0 Å². The zero-order valence-corrected chi connectivity index (χ0v) is 14.3. The van der Waals surface area contributed by atoms with Gasteiger partial charge in [-0.3, -0.25) is 4.79 Å². The van der Waals surface area contributed by atoms with Gasteiger partial charge in [-0.15, -0.1) is 0 Å². The van der Waals surface area contributed by atoms with Crippen LogP contribution in [-0.4, -0.2) is 65.5 Å². The summed E-state index contributed by atoms with van der Waals surface area (Å²) >= 11 is 0. The molecule has 0 N–H and O–H groups in total. The fourth-order valence-corrected chi connectivity index (χ4v) is 3.45. The van der Waals surface area contributed by atoms with E-state index in [0.717, 1.165) is 43.1 Å². The van der Waals surface area contributed by atoms with E-state index in [-0.39, 0.29) is 17.9 Å². The SMILES string of the molecule is Cc1cc(C2CN(C(=O)C3CCN(C)CC3)CCO2)nc(C)n1. The Balaban J connectivity index is 1.67. The molecule has 126 valence electrons. The van der Waals surface area contributed by atoms with E-state index < -0.39 is 0 Å². The first-order valence-corrected chi connectivity index (χ1v) is 8.44. The van der Waals surface area contributed by atoms with E-state index in [0.29, 0.717) is 19.7 Å². The van der Waals surface area contributed by atoms with E-state index >= 15 is 0 Å². The number of rotatable bonds is 2. The number of aryl methyl sites for hydroxylation is 2. The number of aromatic nitrogens is 2. The number of carbonyl (C=O) groups is 1. The third-order valence-corrected chi connectivity index (χ3v) is 4.76. The quantitative estimate of drug-likeness (QED) is 0.823. The molecule has 2 fully saturated rings. The fourth-order valence-electron chi connectivity index (χ4n) is 3.45. The highest BCUT2D eigenvalue weighted by Crippen LogP contribution is 2.25. The van der Waals surface area contributed by atoms with Crippen LogP contribution in [0.5, 0.6) is 0 Å². The van der Waals surface area contributed by atoms with Crippen LogP contribution in [0.1, 0.15) is 36.2 Å². The van der Waals surface area contributed by atoms with Crippen molar-refractivity contribution in [3.63, 3.8) is 0 Å². The highest BCUT2D eigenvalue weighted by atomic mass is 16.5. The van der Waals surface area contributed by atoms with Crippen molar-refractivity contribution >= 4 is 5.91 Å². The van der Waals surface area contributed by atoms with Gasteiger partial charge in [0.25, 0.3) is 0 Å². The lowest BCUT2D eigenvalue weighted by atomic mass is 9.95. The van der Waals surface area contributed by atoms with Crippen LogP contribution >= 0.6 is 0 Å². The third-order valence-electron chi connectivity index (χ3n) is 4.76. The first kappa shape index (κ1) is 16.3. The maximum atomic E-state index is 12.8. The minimum absolute atomic E-state index is 0.139. The molecule has 3 heterocycles. The van der Waals surface area contributed by atoms with E-state index in [1.807, 2.05) is 24.8 Å². The van der Waals surface area contributed by atoms with E-state index in [4.69, 9.17) is 4.74 Å². The van der Waals surface area contributed by atoms with Crippen LogP contribution in [-0.2, 0) is 9.53 Å². The molecule has 0 radical (unpaired) electrons. The Morgan fingerprint density at radius 2 is 1.96 bits per heavy atom. The predicted octanol–water partition coefficient (Wildman–Crippen LogP) is 1.34. The van der Waals surface area contributed by atoms with Crippen LogP contribution in [0.2, 0.25) is 0 Å². The summed E-state index contributed by atoms with van der Waals surface area (Å²) in [6, 6.07) is 1.96. The summed E-state index contributed by atoms with van der Waals surface area (Å²) in [5.74, 6) is 1.20. The molecule has 0 spiro atoms. The molecule has 1 atom stereocenters. The number of nitrogens with zero attached hydrogens (tertiary/aromatic N) is 4. The Bertz CT molecular complexity index is 549. The minimum Gasteiger partial charge on any atom is -0.368 e. The molecule has 2 aliphatic rings. The maximum Gasteiger partial charge on any atom is 0.225 e. The average Bonchev–Trinajstić information content (AvgIpc) is 2.54. The van der Waals surface area contributed by atoms with Crippen molar-refractivity contribution in [3.8, 4) is 0 Å². The van der Waals surface area contributed by atoms with Crippen molar-refractivity contribution in [1.82, 2.24) is 19.8 Å². The van der Waals surface area contributed by atoms with Gasteiger partial charge in [0.05, 0.1) is 18.8 Å². The van der Waals surface area contributed by atoms with Gasteiger partial charge in [0, 0.05) is 18.2 Å². The zero-order valence-electron chi connectivity index (χ0n) is 14.3. The summed E-state index contributed by atoms with van der Waals surface area (Å²) in [5, 5.41) is 0. The van der Waals surface area contributed by atoms with Gasteiger partial charge in [0.1, 0.15) is 11.9 Å². The number of amides is 1. The molecule has 0 aliphatic carbocycles. The van der Waals surface area contributed by atoms with Crippen molar-refractivity contribution < 1.29 is 9.53 Å². The Morgan fingerprint density at radius 3 is 2.65 bits per heavy atom. The maximum absolute atomic E-state index is 12.8. The zero-order chi connectivity index (χ0) is 16.4. The van der Waals surface area contributed by atoms with Gasteiger partial charge in [-0.2, -0.15) is 0 Å². The van der Waals surface area contributed by atoms with Crippen LogP contribution in [0.15, 0.2) is 6.07 Å². The molecule has 0 bridgehead atoms. The summed E-state index contributed by atoms with van der Waals surface area (Å²) in [6.07, 6.45) is 1.78. The monoisotopic (exact) mass is 318 g/mol. The minimum atomic E-state index is -0.139. The predicted molar refractivity (Wildman–Crippen MR) is 87.0 cm³/mol. The van der Waals surface area contributed by atoms with Gasteiger partial charge >= 0.3 is 0 Å². The van der Waals surface area contributed by atoms with Crippen molar-refractivity contribution in [3.05, 3.63) is 23.3 Å². The molecule has 3 rings (SSSR count). The first-order valence-electron chi connectivity index (χ1n) is 8.44. The molecule has 1 unspecified atom stereocenters. The average molecular weight is 318 g/mol. The van der Waals surface area contributed by atoms with Crippen molar-refractivity contribution in [2.24, 2.45) is 5.92 Å². The summed E-state index contributed by atoms with van der Waals surface area (Å²) in [7, 11) is 2.12. The van der Waals surface area contributed by atoms with Gasteiger partial charge in [-0.05, 0) is 52.9 Å². The lowest BCUT2D eigenvalue weighted by molar-refractivity contribution is -0.144. The molecule has 2 aliphatic heterocycles. The van der Waals surface area contributed by atoms with E-state index in [9.17, 15) is 4.79 Å². The first-order chi connectivity index (χ1) is 11.0. The Morgan fingerprint density at radius 1 is 1.22 bits per heavy atom. The lowest BCUT2D eigenvalue weighted by Gasteiger charge is -2.37. The Labute approximate surface area is 137 Å². The van der Waals surface area contributed by atoms with Crippen LogP contribution in [0.3, 0.4) is 0 Å². The normalized spacial score (nSPS) is 24.0. The molecule has 1 aromatic heterocycles. The third kappa shape index (κ3) is 3.87. The molecule has 0 aromatic carbocycles. The lowest BCUT2D eigenvalue weighted by Crippen LogP contribution is -2.47. The highest BCUT2D eigenvalue weighted by molar-refractivity contribution is 5.79. The van der Waals surface area contributed by atoms with Gasteiger partial charge in [-0.25, -0.2) is 9.97 Å². The Kier molecular flexibility index (Phi) is 4.92. The molecule has 23 heavy (non-hydrogen) atoms. The van der Waals surface area contributed by atoms with Crippen LogP contribution < -0.4 is 0 Å². The molecule has 1 amide bonds. The van der Waals surface area contributed by atoms with Gasteiger partial charge in [0.15, 0.2) is 0 Å². The summed E-state index contributed by atoms with van der Waals surface area (Å²) in [6.45, 7) is 7.73. The number of piperidine rings is 1. The van der Waals surface area contributed by atoms with E-state index in [2.05, 4.69) is 21.9 Å². The smallest absolute Gasteiger partial charge is 0.225 e. The molecular formula is C17H26N4O2. The number of morpholine rings is 1. The summed E-state index contributed by atoms with van der Waals surface area (Å²) in [5.41, 5.74) is 1.82. The molecule has 0 saturated carbocycles. The second-order valence-corrected chi connectivity index (χ2v) is 6.70. The van der Waals surface area contributed by atoms with E-state index in [1.165, 1.54) is 0 Å². The topological polar surface area (TPSA) is 58.6 Å². The number of ether oxygens (including phenoxy) is 1. The Hall–Kier alpha value is -1.53. The van der Waals surface area contributed by atoms with Crippen molar-refractivity contribution in [2.75, 3.05) is 39.8 Å². The number of hydrogen-bond acceptors (Lipinski definition) is 5. The van der Waals surface area contributed by atoms with Crippen molar-refractivity contribution in [2.45, 2.75) is 32.8 Å². The molecular weight excluding hydrogens is 292 g/mol. The van der Waals surface area contributed by atoms with Gasteiger partial charge in [0.2, 0.25) is 5.91 Å². The fraction of sp³-hybridized carbons (Fsp3) is 0.706. The second kappa shape index (κ2) is 6.93. The standard InChI is InChI=1S/C17H26N4O2/c1-12-10-15(19-13(2)18-12)16-11-21(8-9-23-16)17(22)14-4-6-20(3)7-5-14/h10,14,16H,4-9,11H2,1-3H3. The number of hydrogen-bond donors (Lipinski definition) is 0. The molecule has 6 nitrogen and oxygen atoms in total. The number of likely N-dealkylation sites (tertiary alicyclic amines) is 1. The highest BCUT2D eigenvalue weighted by Gasteiger charge is 2.32. The van der Waals surface area contributed by atoms with E-state index in [1.54, 1.807) is 0 Å². The van der Waals surface area contributed by atoms with Crippen molar-refractivity contribution in [1.29, 1.82) is 0 Å². The summed E-state index contributed by atoms with van der Waals surface area (Å²) in [4.78, 5) is 25.9. The number of carbonyl (C=O) groups excluding carboxylic acids is 1. The van der Waals surface area contributed by atoms with Gasteiger partial charge in [-0.1, -0.05) is 0 Å². The summed E-state index contributed by atoms with van der Waals surface area (Å²) < 4.78 is 5.87. The molecule has 6 heteroatoms.